The SMILES string of the molecule is CCN1c2ccc(/C=C3/SC(=O)N(CC(=O)OC(C)C)C3=O)cc2[C@@H](C)CC1(C)C. The number of anilines is 1. The van der Waals surface area contributed by atoms with Crippen LogP contribution in [-0.2, 0) is 14.3 Å². The number of hydrogen-bond donors (Lipinski definition) is 0. The first-order chi connectivity index (χ1) is 14.0. The predicted molar refractivity (Wildman–Crippen MR) is 120 cm³/mol. The summed E-state index contributed by atoms with van der Waals surface area (Å²) in [7, 11) is 0. The van der Waals surface area contributed by atoms with Crippen molar-refractivity contribution in [2.45, 2.75) is 65.5 Å². The Kier molecular flexibility index (Phi) is 6.32. The number of imide groups is 1. The summed E-state index contributed by atoms with van der Waals surface area (Å²) in [6.07, 6.45) is 2.49. The molecule has 2 aliphatic rings. The van der Waals surface area contributed by atoms with Gasteiger partial charge in [0.05, 0.1) is 11.0 Å². The molecule has 3 rings (SSSR count). The van der Waals surface area contributed by atoms with Gasteiger partial charge in [-0.1, -0.05) is 13.0 Å². The van der Waals surface area contributed by atoms with Gasteiger partial charge in [0.15, 0.2) is 0 Å². The van der Waals surface area contributed by atoms with Crippen molar-refractivity contribution in [3.63, 3.8) is 0 Å². The first-order valence-corrected chi connectivity index (χ1v) is 11.2. The Balaban J connectivity index is 1.84. The van der Waals surface area contributed by atoms with Crippen LogP contribution in [0.3, 0.4) is 0 Å². The van der Waals surface area contributed by atoms with E-state index in [-0.39, 0.29) is 18.2 Å². The zero-order valence-corrected chi connectivity index (χ0v) is 19.3. The second-order valence-corrected chi connectivity index (χ2v) is 9.78. The first kappa shape index (κ1) is 22.4. The number of esters is 1. The summed E-state index contributed by atoms with van der Waals surface area (Å²) in [5.74, 6) is -0.641. The first-order valence-electron chi connectivity index (χ1n) is 10.4. The highest BCUT2D eigenvalue weighted by Crippen LogP contribution is 2.44. The van der Waals surface area contributed by atoms with Crippen molar-refractivity contribution in [2.24, 2.45) is 0 Å². The fraction of sp³-hybridized carbons (Fsp3) is 0.522. The van der Waals surface area contributed by atoms with Crippen LogP contribution in [0, 0.1) is 0 Å². The largest absolute Gasteiger partial charge is 0.462 e. The van der Waals surface area contributed by atoms with Crippen LogP contribution in [-0.4, -0.2) is 46.7 Å². The van der Waals surface area contributed by atoms with Crippen LogP contribution < -0.4 is 4.90 Å². The average molecular weight is 431 g/mol. The lowest BCUT2D eigenvalue weighted by atomic mass is 9.79. The van der Waals surface area contributed by atoms with E-state index in [1.54, 1.807) is 19.9 Å². The van der Waals surface area contributed by atoms with E-state index in [2.05, 4.69) is 44.7 Å². The van der Waals surface area contributed by atoms with Crippen molar-refractivity contribution >= 4 is 40.6 Å². The van der Waals surface area contributed by atoms with Gasteiger partial charge in [0.2, 0.25) is 0 Å². The van der Waals surface area contributed by atoms with E-state index in [1.807, 2.05) is 6.07 Å². The zero-order chi connectivity index (χ0) is 22.2. The normalized spacial score (nSPS) is 22.1. The van der Waals surface area contributed by atoms with Crippen molar-refractivity contribution in [2.75, 3.05) is 18.0 Å². The van der Waals surface area contributed by atoms with Gasteiger partial charge in [-0.25, -0.2) is 0 Å². The predicted octanol–water partition coefficient (Wildman–Crippen LogP) is 4.79. The Bertz CT molecular complexity index is 906. The second-order valence-electron chi connectivity index (χ2n) is 8.79. The molecule has 1 aromatic rings. The number of thioether (sulfide) groups is 1. The number of ether oxygens (including phenoxy) is 1. The topological polar surface area (TPSA) is 66.9 Å². The van der Waals surface area contributed by atoms with Crippen LogP contribution >= 0.6 is 11.8 Å². The Morgan fingerprint density at radius 2 is 2.03 bits per heavy atom. The molecule has 1 aromatic carbocycles. The van der Waals surface area contributed by atoms with Gasteiger partial charge in [0.25, 0.3) is 11.1 Å². The van der Waals surface area contributed by atoms with Gasteiger partial charge >= 0.3 is 5.97 Å². The monoisotopic (exact) mass is 430 g/mol. The third-order valence-corrected chi connectivity index (χ3v) is 6.46. The number of rotatable bonds is 5. The molecule has 0 aliphatic carbocycles. The number of amides is 2. The van der Waals surface area contributed by atoms with Crippen LogP contribution in [0.5, 0.6) is 0 Å². The quantitative estimate of drug-likeness (QED) is 0.494. The summed E-state index contributed by atoms with van der Waals surface area (Å²) in [5, 5.41) is -0.447. The lowest BCUT2D eigenvalue weighted by Crippen LogP contribution is -2.48. The van der Waals surface area contributed by atoms with Gasteiger partial charge < -0.3 is 9.64 Å². The molecule has 0 saturated carbocycles. The molecule has 1 saturated heterocycles. The van der Waals surface area contributed by atoms with E-state index in [9.17, 15) is 14.4 Å². The molecule has 6 nitrogen and oxygen atoms in total. The molecule has 0 unspecified atom stereocenters. The number of nitrogens with zero attached hydrogens (tertiary/aromatic N) is 2. The molecule has 7 heteroatoms. The summed E-state index contributed by atoms with van der Waals surface area (Å²) in [6, 6.07) is 6.20. The third kappa shape index (κ3) is 4.41. The van der Waals surface area contributed by atoms with Crippen molar-refractivity contribution in [1.29, 1.82) is 0 Å². The Hall–Kier alpha value is -2.28. The van der Waals surface area contributed by atoms with E-state index in [0.29, 0.717) is 10.8 Å². The number of carbonyl (C=O) groups excluding carboxylic acids is 3. The zero-order valence-electron chi connectivity index (χ0n) is 18.5. The lowest BCUT2D eigenvalue weighted by Gasteiger charge is -2.47. The Morgan fingerprint density at radius 3 is 2.67 bits per heavy atom. The van der Waals surface area contributed by atoms with E-state index in [4.69, 9.17) is 4.74 Å². The molecule has 0 radical (unpaired) electrons. The van der Waals surface area contributed by atoms with Crippen LogP contribution in [0.25, 0.3) is 6.08 Å². The van der Waals surface area contributed by atoms with Crippen molar-refractivity contribution in [3.8, 4) is 0 Å². The molecule has 1 atom stereocenters. The highest BCUT2D eigenvalue weighted by molar-refractivity contribution is 8.18. The highest BCUT2D eigenvalue weighted by Gasteiger charge is 2.38. The molecule has 0 N–H and O–H groups in total. The molecule has 2 heterocycles. The molecule has 0 spiro atoms. The molecule has 0 aromatic heterocycles. The fourth-order valence-electron chi connectivity index (χ4n) is 4.41. The molecular formula is C23H30N2O4S. The Morgan fingerprint density at radius 1 is 1.33 bits per heavy atom. The number of carbonyl (C=O) groups is 3. The summed E-state index contributed by atoms with van der Waals surface area (Å²) in [4.78, 5) is 40.5. The number of fused-ring (bicyclic) bond motifs is 1. The maximum atomic E-state index is 12.7. The Labute approximate surface area is 182 Å². The lowest BCUT2D eigenvalue weighted by molar-refractivity contribution is -0.149. The average Bonchev–Trinajstić information content (AvgIpc) is 2.88. The maximum absolute atomic E-state index is 12.7. The second kappa shape index (κ2) is 8.46. The van der Waals surface area contributed by atoms with Gasteiger partial charge in [0, 0.05) is 17.8 Å². The minimum Gasteiger partial charge on any atom is -0.462 e. The van der Waals surface area contributed by atoms with E-state index in [1.165, 1.54) is 11.3 Å². The third-order valence-electron chi connectivity index (χ3n) is 5.55. The summed E-state index contributed by atoms with van der Waals surface area (Å²) < 4.78 is 5.06. The molecule has 30 heavy (non-hydrogen) atoms. The van der Waals surface area contributed by atoms with E-state index >= 15 is 0 Å². The molecule has 1 fully saturated rings. The van der Waals surface area contributed by atoms with E-state index < -0.39 is 17.1 Å². The van der Waals surface area contributed by atoms with Gasteiger partial charge in [-0.3, -0.25) is 19.3 Å². The summed E-state index contributed by atoms with van der Waals surface area (Å²) >= 11 is 0.861. The number of benzene rings is 1. The molecule has 0 bridgehead atoms. The fourth-order valence-corrected chi connectivity index (χ4v) is 5.25. The maximum Gasteiger partial charge on any atom is 0.326 e. The highest BCUT2D eigenvalue weighted by atomic mass is 32.2. The summed E-state index contributed by atoms with van der Waals surface area (Å²) in [5.41, 5.74) is 3.45. The van der Waals surface area contributed by atoms with Crippen molar-refractivity contribution < 1.29 is 19.1 Å². The minimum absolute atomic E-state index is 0.0932. The summed E-state index contributed by atoms with van der Waals surface area (Å²) in [6.45, 7) is 12.9. The number of hydrogen-bond acceptors (Lipinski definition) is 6. The minimum atomic E-state index is -0.585. The molecular weight excluding hydrogens is 400 g/mol. The van der Waals surface area contributed by atoms with Crippen LogP contribution in [0.4, 0.5) is 10.5 Å². The van der Waals surface area contributed by atoms with Gasteiger partial charge in [0.1, 0.15) is 6.54 Å². The van der Waals surface area contributed by atoms with Gasteiger partial charge in [-0.15, -0.1) is 0 Å². The van der Waals surface area contributed by atoms with Crippen molar-refractivity contribution in [3.05, 3.63) is 34.2 Å². The molecule has 2 amide bonds. The van der Waals surface area contributed by atoms with Crippen LogP contribution in [0.15, 0.2) is 23.1 Å². The smallest absolute Gasteiger partial charge is 0.326 e. The standard InChI is InChI=1S/C23H30N2O4S/c1-7-25-18-9-8-16(10-17(18)15(4)12-23(25,5)6)11-19-21(27)24(22(28)30-19)13-20(26)29-14(2)3/h8-11,14-15H,7,12-13H2,1-6H3/b19-11+/t15-/m0/s1. The molecule has 162 valence electrons. The molecule has 2 aliphatic heterocycles. The van der Waals surface area contributed by atoms with Gasteiger partial charge in [-0.05, 0) is 88.1 Å². The van der Waals surface area contributed by atoms with Crippen LogP contribution in [0.1, 0.15) is 65.0 Å². The van der Waals surface area contributed by atoms with E-state index in [0.717, 1.165) is 35.2 Å². The van der Waals surface area contributed by atoms with Crippen molar-refractivity contribution in [1.82, 2.24) is 4.90 Å². The van der Waals surface area contributed by atoms with Gasteiger partial charge in [-0.2, -0.15) is 0 Å². The van der Waals surface area contributed by atoms with Crippen LogP contribution in [0.2, 0.25) is 0 Å².